The molecule has 31 heavy (non-hydrogen) atoms. The first kappa shape index (κ1) is 19.7. The van der Waals surface area contributed by atoms with Gasteiger partial charge in [-0.15, -0.1) is 11.3 Å². The van der Waals surface area contributed by atoms with Crippen molar-refractivity contribution in [3.63, 3.8) is 0 Å². The van der Waals surface area contributed by atoms with Gasteiger partial charge in [0.25, 0.3) is 0 Å². The minimum atomic E-state index is -0.430. The molecule has 3 heterocycles. The number of fused-ring (bicyclic) bond motifs is 2. The van der Waals surface area contributed by atoms with E-state index in [1.807, 2.05) is 35.7 Å². The van der Waals surface area contributed by atoms with E-state index in [4.69, 9.17) is 20.4 Å². The molecule has 0 atom stereocenters. The fourth-order valence-corrected chi connectivity index (χ4v) is 4.88. The molecular formula is C24H22N4O2S. The van der Waals surface area contributed by atoms with Crippen molar-refractivity contribution >= 4 is 33.8 Å². The summed E-state index contributed by atoms with van der Waals surface area (Å²) in [6.07, 6.45) is 1.78. The Bertz CT molecular complexity index is 1250. The first-order chi connectivity index (χ1) is 15.2. The lowest BCUT2D eigenvalue weighted by Crippen LogP contribution is -2.11. The number of hydrogen-bond acceptors (Lipinski definition) is 6. The molecule has 5 rings (SSSR count). The van der Waals surface area contributed by atoms with Crippen molar-refractivity contribution in [2.45, 2.75) is 26.0 Å². The number of nitrogens with one attached hydrogen (secondary N) is 1. The maximum absolute atomic E-state index is 11.8. The van der Waals surface area contributed by atoms with Crippen LogP contribution in [0, 0.1) is 0 Å². The van der Waals surface area contributed by atoms with Crippen LogP contribution in [0.3, 0.4) is 0 Å². The van der Waals surface area contributed by atoms with Crippen molar-refractivity contribution in [1.29, 1.82) is 0 Å². The highest BCUT2D eigenvalue weighted by Crippen LogP contribution is 2.36. The van der Waals surface area contributed by atoms with Crippen LogP contribution in [0.2, 0.25) is 0 Å². The largest absolute Gasteiger partial charge is 0.377 e. The molecule has 3 N–H and O–H groups in total. The number of primary amides is 1. The molecule has 0 aliphatic carbocycles. The number of nitrogens with zero attached hydrogens (tertiary/aromatic N) is 2. The van der Waals surface area contributed by atoms with E-state index in [1.165, 1.54) is 16.9 Å². The Morgan fingerprint density at radius 2 is 1.97 bits per heavy atom. The molecule has 0 spiro atoms. The monoisotopic (exact) mass is 430 g/mol. The smallest absolute Gasteiger partial charge is 0.249 e. The van der Waals surface area contributed by atoms with Crippen molar-refractivity contribution < 1.29 is 9.53 Å². The van der Waals surface area contributed by atoms with Gasteiger partial charge in [-0.25, -0.2) is 9.97 Å². The number of nitrogens with two attached hydrogens (primary N) is 1. The number of amides is 1. The van der Waals surface area contributed by atoms with Gasteiger partial charge in [0.05, 0.1) is 17.2 Å². The molecule has 2 aromatic heterocycles. The lowest BCUT2D eigenvalue weighted by Gasteiger charge is -2.14. The van der Waals surface area contributed by atoms with Gasteiger partial charge in [0.2, 0.25) is 5.91 Å². The van der Waals surface area contributed by atoms with Gasteiger partial charge >= 0.3 is 0 Å². The van der Waals surface area contributed by atoms with Crippen LogP contribution >= 0.6 is 11.3 Å². The summed E-state index contributed by atoms with van der Waals surface area (Å²) >= 11 is 1.53. The molecule has 0 bridgehead atoms. The molecule has 0 saturated carbocycles. The summed E-state index contributed by atoms with van der Waals surface area (Å²) in [5, 5.41) is 7.24. The van der Waals surface area contributed by atoms with E-state index in [2.05, 4.69) is 17.4 Å². The maximum atomic E-state index is 11.8. The normalized spacial score (nSPS) is 13.5. The second-order valence-corrected chi connectivity index (χ2v) is 8.39. The number of anilines is 1. The Hall–Kier alpha value is -3.29. The van der Waals surface area contributed by atoms with Gasteiger partial charge in [0.15, 0.2) is 5.82 Å². The molecule has 0 fully saturated rings. The zero-order valence-corrected chi connectivity index (χ0v) is 17.7. The van der Waals surface area contributed by atoms with Crippen molar-refractivity contribution in [1.82, 2.24) is 9.97 Å². The quantitative estimate of drug-likeness (QED) is 0.485. The van der Waals surface area contributed by atoms with Gasteiger partial charge in [-0.3, -0.25) is 4.79 Å². The number of benzene rings is 2. The Balaban J connectivity index is 1.59. The Morgan fingerprint density at radius 3 is 2.81 bits per heavy atom. The second-order valence-electron chi connectivity index (χ2n) is 7.51. The third-order valence-corrected chi connectivity index (χ3v) is 6.45. The number of carbonyl (C=O) groups is 1. The van der Waals surface area contributed by atoms with Crippen molar-refractivity contribution in [3.05, 3.63) is 76.3 Å². The van der Waals surface area contributed by atoms with Crippen LogP contribution in [0.4, 0.5) is 5.82 Å². The number of aryl methyl sites for hydroxylation is 1. The Kier molecular flexibility index (Phi) is 5.36. The topological polar surface area (TPSA) is 90.1 Å². The zero-order chi connectivity index (χ0) is 21.2. The van der Waals surface area contributed by atoms with Crippen LogP contribution in [-0.4, -0.2) is 22.5 Å². The van der Waals surface area contributed by atoms with E-state index < -0.39 is 5.91 Å². The summed E-state index contributed by atoms with van der Waals surface area (Å²) in [6.45, 7) is 1.89. The Morgan fingerprint density at radius 1 is 1.10 bits per heavy atom. The number of aromatic nitrogens is 2. The van der Waals surface area contributed by atoms with Gasteiger partial charge in [-0.1, -0.05) is 42.5 Å². The summed E-state index contributed by atoms with van der Waals surface area (Å²) in [6, 6.07) is 15.8. The van der Waals surface area contributed by atoms with Gasteiger partial charge in [-0.05, 0) is 24.5 Å². The van der Waals surface area contributed by atoms with E-state index in [9.17, 15) is 4.79 Å². The van der Waals surface area contributed by atoms with Crippen LogP contribution in [-0.2, 0) is 24.3 Å². The van der Waals surface area contributed by atoms with Gasteiger partial charge in [0, 0.05) is 40.4 Å². The minimum absolute atomic E-state index is 0.430. The summed E-state index contributed by atoms with van der Waals surface area (Å²) in [5.74, 6) is 1.04. The fraction of sp³-hybridized carbons (Fsp3) is 0.208. The van der Waals surface area contributed by atoms with Crippen molar-refractivity contribution in [2.24, 2.45) is 5.73 Å². The maximum Gasteiger partial charge on any atom is 0.249 e. The molecule has 6 nitrogen and oxygen atoms in total. The first-order valence-corrected chi connectivity index (χ1v) is 11.1. The molecule has 1 aliphatic rings. The minimum Gasteiger partial charge on any atom is -0.377 e. The summed E-state index contributed by atoms with van der Waals surface area (Å²) in [4.78, 5) is 22.6. The number of ether oxygens (including phenoxy) is 1. The summed E-state index contributed by atoms with van der Waals surface area (Å²) in [7, 11) is 0. The first-order valence-electron chi connectivity index (χ1n) is 10.3. The van der Waals surface area contributed by atoms with E-state index in [-0.39, 0.29) is 0 Å². The van der Waals surface area contributed by atoms with Crippen molar-refractivity contribution in [2.75, 3.05) is 11.9 Å². The number of thiophene rings is 1. The van der Waals surface area contributed by atoms with Crippen LogP contribution in [0.15, 0.2) is 53.9 Å². The van der Waals surface area contributed by atoms with Gasteiger partial charge in [-0.2, -0.15) is 0 Å². The number of hydrogen-bond donors (Lipinski definition) is 2. The van der Waals surface area contributed by atoms with Gasteiger partial charge in [0.1, 0.15) is 5.82 Å². The van der Waals surface area contributed by atoms with E-state index in [0.29, 0.717) is 31.1 Å². The van der Waals surface area contributed by atoms with Gasteiger partial charge < -0.3 is 15.8 Å². The third kappa shape index (κ3) is 3.89. The second kappa shape index (κ2) is 8.45. The van der Waals surface area contributed by atoms with Crippen molar-refractivity contribution in [3.8, 4) is 10.7 Å². The van der Waals surface area contributed by atoms with Crippen LogP contribution in [0.5, 0.6) is 0 Å². The standard InChI is InChI=1S/C24H22N4O2S/c25-22(29)17-9-4-8-16-19(17)14-31-21(16)24-27-20-10-5-11-30-13-18(20)23(28-24)26-12-15-6-2-1-3-7-15/h1-4,6-9,14H,5,10-13H2,(H2,25,29)(H,26,27,28). The Labute approximate surface area is 184 Å². The van der Waals surface area contributed by atoms with Crippen LogP contribution in [0.25, 0.3) is 21.5 Å². The SMILES string of the molecule is NC(=O)c1cccc2c(-c3nc4c(c(NCc5ccccc5)n3)COCCC4)scc12. The lowest BCUT2D eigenvalue weighted by atomic mass is 10.1. The average Bonchev–Trinajstić information content (AvgIpc) is 3.08. The highest BCUT2D eigenvalue weighted by atomic mass is 32.1. The average molecular weight is 431 g/mol. The summed E-state index contributed by atoms with van der Waals surface area (Å²) < 4.78 is 5.79. The third-order valence-electron chi connectivity index (χ3n) is 5.46. The highest BCUT2D eigenvalue weighted by molar-refractivity contribution is 7.15. The van der Waals surface area contributed by atoms with E-state index >= 15 is 0 Å². The summed E-state index contributed by atoms with van der Waals surface area (Å²) in [5.41, 5.74) is 9.31. The van der Waals surface area contributed by atoms with Crippen LogP contribution < -0.4 is 11.1 Å². The molecule has 2 aromatic carbocycles. The lowest BCUT2D eigenvalue weighted by molar-refractivity contribution is 0.100. The fourth-order valence-electron chi connectivity index (χ4n) is 3.89. The zero-order valence-electron chi connectivity index (χ0n) is 16.9. The number of rotatable bonds is 5. The number of carbonyl (C=O) groups excluding carboxylic acids is 1. The molecule has 0 radical (unpaired) electrons. The predicted molar refractivity (Wildman–Crippen MR) is 123 cm³/mol. The highest BCUT2D eigenvalue weighted by Gasteiger charge is 2.20. The molecule has 7 heteroatoms. The molecule has 1 aliphatic heterocycles. The van der Waals surface area contributed by atoms with E-state index in [0.717, 1.165) is 45.6 Å². The van der Waals surface area contributed by atoms with Crippen LogP contribution in [0.1, 0.15) is 33.6 Å². The molecule has 156 valence electrons. The predicted octanol–water partition coefficient (Wildman–Crippen LogP) is 4.53. The molecule has 0 unspecified atom stereocenters. The molecule has 0 saturated heterocycles. The molecule has 4 aromatic rings. The molecular weight excluding hydrogens is 408 g/mol. The van der Waals surface area contributed by atoms with E-state index in [1.54, 1.807) is 6.07 Å². The molecule has 1 amide bonds.